The van der Waals surface area contributed by atoms with Gasteiger partial charge in [0.1, 0.15) is 5.60 Å². The van der Waals surface area contributed by atoms with Crippen molar-refractivity contribution in [2.45, 2.75) is 81.4 Å². The van der Waals surface area contributed by atoms with Gasteiger partial charge in [0, 0.05) is 17.8 Å². The minimum Gasteiger partial charge on any atom is -0.458 e. The van der Waals surface area contributed by atoms with E-state index in [0.29, 0.717) is 12.8 Å². The summed E-state index contributed by atoms with van der Waals surface area (Å²) in [7, 11) is 0. The fraction of sp³-hybridized carbons (Fsp3) is 0.947. The van der Waals surface area contributed by atoms with Gasteiger partial charge in [-0.1, -0.05) is 6.42 Å². The number of hydrogen-bond donors (Lipinski definition) is 2. The first-order chi connectivity index (χ1) is 11.6. The van der Waals surface area contributed by atoms with Crippen molar-refractivity contribution in [2.75, 3.05) is 0 Å². The van der Waals surface area contributed by atoms with E-state index in [4.69, 9.17) is 9.47 Å². The van der Waals surface area contributed by atoms with Crippen LogP contribution in [0.5, 0.6) is 0 Å². The summed E-state index contributed by atoms with van der Waals surface area (Å²) >= 11 is 0. The molecule has 2 heterocycles. The minimum absolute atomic E-state index is 0.00786. The first-order valence-corrected chi connectivity index (χ1v) is 9.81. The smallest absolute Gasteiger partial charge is 0.309 e. The molecule has 0 radical (unpaired) electrons. The quantitative estimate of drug-likeness (QED) is 0.655. The predicted octanol–water partition coefficient (Wildman–Crippen LogP) is 1.40. The Bertz CT molecular complexity index is 607. The van der Waals surface area contributed by atoms with E-state index in [1.807, 2.05) is 0 Å². The second kappa shape index (κ2) is 4.36. The van der Waals surface area contributed by atoms with Gasteiger partial charge in [0.25, 0.3) is 0 Å². The van der Waals surface area contributed by atoms with E-state index in [9.17, 15) is 15.0 Å². The van der Waals surface area contributed by atoms with Gasteiger partial charge < -0.3 is 19.7 Å². The molecule has 0 aromatic rings. The minimum atomic E-state index is -0.351. The fourth-order valence-corrected chi connectivity index (χ4v) is 8.28. The molecule has 10 atom stereocenters. The molecule has 6 rings (SSSR count). The topological polar surface area (TPSA) is 76.0 Å². The maximum absolute atomic E-state index is 12.7. The summed E-state index contributed by atoms with van der Waals surface area (Å²) in [6.07, 6.45) is 6.24. The Hall–Kier alpha value is -0.650. The van der Waals surface area contributed by atoms with Gasteiger partial charge in [-0.3, -0.25) is 4.79 Å². The van der Waals surface area contributed by atoms with Crippen molar-refractivity contribution in [2.24, 2.45) is 29.1 Å². The summed E-state index contributed by atoms with van der Waals surface area (Å²) in [4.78, 5) is 12.7. The number of carbonyl (C=O) groups is 1. The Morgan fingerprint density at radius 3 is 2.71 bits per heavy atom. The summed E-state index contributed by atoms with van der Waals surface area (Å²) < 4.78 is 12.7. The van der Waals surface area contributed by atoms with Crippen LogP contribution in [0, 0.1) is 29.1 Å². The van der Waals surface area contributed by atoms with E-state index >= 15 is 0 Å². The average molecular weight is 334 g/mol. The lowest BCUT2D eigenvalue weighted by atomic mass is 9.31. The Balaban J connectivity index is 1.50. The number of fused-ring (bicyclic) bond motifs is 1. The normalized spacial score (nSPS) is 63.5. The maximum atomic E-state index is 12.7. The fourth-order valence-electron chi connectivity index (χ4n) is 8.28. The molecule has 0 bridgehead atoms. The highest BCUT2D eigenvalue weighted by atomic mass is 16.6. The number of ether oxygens (including phenoxy) is 2. The Morgan fingerprint density at radius 2 is 1.83 bits per heavy atom. The highest BCUT2D eigenvalue weighted by Gasteiger charge is 2.85. The van der Waals surface area contributed by atoms with Crippen LogP contribution in [0.4, 0.5) is 0 Å². The molecule has 0 aromatic heterocycles. The molecule has 5 heteroatoms. The van der Waals surface area contributed by atoms with Crippen LogP contribution >= 0.6 is 0 Å². The first kappa shape index (κ1) is 14.5. The Morgan fingerprint density at radius 1 is 1.00 bits per heavy atom. The first-order valence-electron chi connectivity index (χ1n) is 9.81. The molecular weight excluding hydrogens is 308 g/mol. The monoisotopic (exact) mass is 334 g/mol. The van der Waals surface area contributed by atoms with Crippen molar-refractivity contribution >= 4 is 5.97 Å². The van der Waals surface area contributed by atoms with Gasteiger partial charge in [0.15, 0.2) is 0 Å². The van der Waals surface area contributed by atoms with Crippen LogP contribution in [0.3, 0.4) is 0 Å². The molecule has 2 saturated heterocycles. The molecule has 4 aliphatic carbocycles. The van der Waals surface area contributed by atoms with Gasteiger partial charge in [0.2, 0.25) is 0 Å². The summed E-state index contributed by atoms with van der Waals surface area (Å²) in [6.45, 7) is 0. The Kier molecular flexibility index (Phi) is 2.64. The molecule has 2 N–H and O–H groups in total. The maximum Gasteiger partial charge on any atom is 0.309 e. The number of hydrogen-bond acceptors (Lipinski definition) is 5. The van der Waals surface area contributed by atoms with Gasteiger partial charge in [-0.25, -0.2) is 0 Å². The van der Waals surface area contributed by atoms with Gasteiger partial charge in [-0.15, -0.1) is 0 Å². The number of aliphatic hydroxyl groups is 2. The summed E-state index contributed by atoms with van der Waals surface area (Å²) in [6, 6.07) is 0. The summed E-state index contributed by atoms with van der Waals surface area (Å²) in [5.74, 6) is 0.826. The van der Waals surface area contributed by atoms with Crippen molar-refractivity contribution in [3.63, 3.8) is 0 Å². The third-order valence-electron chi connectivity index (χ3n) is 8.54. The van der Waals surface area contributed by atoms with Crippen LogP contribution in [-0.2, 0) is 14.3 Å². The molecular formula is C19H26O5. The van der Waals surface area contributed by atoms with Crippen molar-refractivity contribution in [3.05, 3.63) is 0 Å². The van der Waals surface area contributed by atoms with E-state index in [2.05, 4.69) is 0 Å². The van der Waals surface area contributed by atoms with E-state index in [1.165, 1.54) is 0 Å². The highest BCUT2D eigenvalue weighted by molar-refractivity contribution is 5.78. The SMILES string of the molecule is O=C1OC23C4CCC(O)CC4OC4CC(O)CC5(CCCC1C52)C43. The molecule has 24 heavy (non-hydrogen) atoms. The molecule has 5 nitrogen and oxygen atoms in total. The van der Waals surface area contributed by atoms with E-state index in [1.54, 1.807) is 0 Å². The van der Waals surface area contributed by atoms with Crippen LogP contribution in [-0.4, -0.2) is 46.2 Å². The lowest BCUT2D eigenvalue weighted by Crippen LogP contribution is -2.81. The standard InChI is InChI=1S/C19H26O5/c20-9-3-4-12-13(6-9)23-14-7-10(21)8-18-5-1-2-11-15(18)19(12,16(14)18)24-17(11)22/h9-16,20-21H,1-8H2. The molecule has 0 aromatic carbocycles. The van der Waals surface area contributed by atoms with E-state index in [-0.39, 0.29) is 65.1 Å². The van der Waals surface area contributed by atoms with Crippen LogP contribution in [0.25, 0.3) is 0 Å². The lowest BCUT2D eigenvalue weighted by Gasteiger charge is -2.75. The van der Waals surface area contributed by atoms with Crippen molar-refractivity contribution in [1.29, 1.82) is 0 Å². The number of rotatable bonds is 0. The zero-order valence-corrected chi connectivity index (χ0v) is 13.9. The van der Waals surface area contributed by atoms with Gasteiger partial charge in [-0.05, 0) is 50.4 Å². The average Bonchev–Trinajstić information content (AvgIpc) is 2.79. The molecule has 2 aliphatic heterocycles. The number of aliphatic hydroxyl groups excluding tert-OH is 2. The lowest BCUT2D eigenvalue weighted by molar-refractivity contribution is -0.377. The summed E-state index contributed by atoms with van der Waals surface area (Å²) in [5.41, 5.74) is -0.297. The van der Waals surface area contributed by atoms with Gasteiger partial charge in [-0.2, -0.15) is 0 Å². The molecule has 2 spiro atoms. The number of esters is 1. The predicted molar refractivity (Wildman–Crippen MR) is 82.8 cm³/mol. The highest BCUT2D eigenvalue weighted by Crippen LogP contribution is 2.79. The zero-order chi connectivity index (χ0) is 16.3. The second-order valence-electron chi connectivity index (χ2n) is 9.34. The third kappa shape index (κ3) is 1.40. The van der Waals surface area contributed by atoms with Gasteiger partial charge >= 0.3 is 5.97 Å². The van der Waals surface area contributed by atoms with Crippen molar-refractivity contribution in [3.8, 4) is 0 Å². The van der Waals surface area contributed by atoms with Crippen molar-refractivity contribution < 1.29 is 24.5 Å². The van der Waals surface area contributed by atoms with Crippen LogP contribution < -0.4 is 0 Å². The van der Waals surface area contributed by atoms with Crippen LogP contribution in [0.15, 0.2) is 0 Å². The summed E-state index contributed by atoms with van der Waals surface area (Å²) in [5, 5.41) is 20.6. The number of carbonyl (C=O) groups excluding carboxylic acids is 1. The largest absolute Gasteiger partial charge is 0.458 e. The van der Waals surface area contributed by atoms with Crippen molar-refractivity contribution in [1.82, 2.24) is 0 Å². The van der Waals surface area contributed by atoms with Crippen LogP contribution in [0.1, 0.15) is 51.4 Å². The molecule has 0 amide bonds. The molecule has 10 unspecified atom stereocenters. The van der Waals surface area contributed by atoms with E-state index in [0.717, 1.165) is 38.5 Å². The van der Waals surface area contributed by atoms with Crippen LogP contribution in [0.2, 0.25) is 0 Å². The second-order valence-corrected chi connectivity index (χ2v) is 9.34. The molecule has 4 saturated carbocycles. The molecule has 6 aliphatic rings. The zero-order valence-electron chi connectivity index (χ0n) is 13.9. The molecule has 6 fully saturated rings. The van der Waals surface area contributed by atoms with Gasteiger partial charge in [0.05, 0.1) is 30.3 Å². The Labute approximate surface area is 141 Å². The molecule has 132 valence electrons. The third-order valence-corrected chi connectivity index (χ3v) is 8.54. The van der Waals surface area contributed by atoms with E-state index < -0.39 is 0 Å².